The number of aliphatic hydroxyl groups is 1. The molecular weight excluding hydrogens is 238 g/mol. The first-order chi connectivity index (χ1) is 9.36. The third-order valence-electron chi connectivity index (χ3n) is 2.92. The topological polar surface area (TPSA) is 50.9 Å². The zero-order chi connectivity index (χ0) is 13.1. The Balaban J connectivity index is 1.97. The molecule has 0 fully saturated rings. The first-order valence-electron chi connectivity index (χ1n) is 6.03. The van der Waals surface area contributed by atoms with E-state index in [9.17, 15) is 0 Å². The predicted molar refractivity (Wildman–Crippen MR) is 72.7 cm³/mol. The highest BCUT2D eigenvalue weighted by Gasteiger charge is 2.04. The molecule has 0 aliphatic carbocycles. The highest BCUT2D eigenvalue weighted by atomic mass is 16.3. The SMILES string of the molecule is OCc1ccnc(-n2cc(-c3ccccc3)cn2)c1. The molecule has 3 rings (SSSR count). The Morgan fingerprint density at radius 2 is 1.89 bits per heavy atom. The van der Waals surface area contributed by atoms with Crippen molar-refractivity contribution in [1.29, 1.82) is 0 Å². The lowest BCUT2D eigenvalue weighted by Crippen LogP contribution is -1.98. The molecule has 4 nitrogen and oxygen atoms in total. The number of aromatic nitrogens is 3. The van der Waals surface area contributed by atoms with Gasteiger partial charge >= 0.3 is 0 Å². The van der Waals surface area contributed by atoms with Crippen LogP contribution in [-0.4, -0.2) is 19.9 Å². The average Bonchev–Trinajstić information content (AvgIpc) is 2.98. The van der Waals surface area contributed by atoms with Crippen LogP contribution in [-0.2, 0) is 6.61 Å². The molecule has 2 aromatic heterocycles. The maximum Gasteiger partial charge on any atom is 0.153 e. The van der Waals surface area contributed by atoms with Gasteiger partial charge in [0, 0.05) is 18.0 Å². The monoisotopic (exact) mass is 251 g/mol. The number of pyridine rings is 1. The van der Waals surface area contributed by atoms with Gasteiger partial charge in [-0.25, -0.2) is 9.67 Å². The van der Waals surface area contributed by atoms with Crippen LogP contribution in [0.25, 0.3) is 16.9 Å². The summed E-state index contributed by atoms with van der Waals surface area (Å²) in [4.78, 5) is 4.25. The van der Waals surface area contributed by atoms with Crippen molar-refractivity contribution in [3.8, 4) is 16.9 Å². The first-order valence-corrected chi connectivity index (χ1v) is 6.03. The van der Waals surface area contributed by atoms with Crippen molar-refractivity contribution >= 4 is 0 Å². The maximum absolute atomic E-state index is 9.13. The van der Waals surface area contributed by atoms with Gasteiger partial charge in [-0.05, 0) is 23.3 Å². The van der Waals surface area contributed by atoms with E-state index in [1.54, 1.807) is 16.9 Å². The van der Waals surface area contributed by atoms with Gasteiger partial charge in [-0.3, -0.25) is 0 Å². The van der Waals surface area contributed by atoms with Gasteiger partial charge in [0.2, 0.25) is 0 Å². The summed E-state index contributed by atoms with van der Waals surface area (Å²) in [6.45, 7) is 0.00231. The van der Waals surface area contributed by atoms with E-state index in [4.69, 9.17) is 5.11 Å². The fourth-order valence-corrected chi connectivity index (χ4v) is 1.91. The molecule has 0 radical (unpaired) electrons. The van der Waals surface area contributed by atoms with Crippen LogP contribution in [0.15, 0.2) is 61.1 Å². The Morgan fingerprint density at radius 3 is 2.68 bits per heavy atom. The number of rotatable bonds is 3. The minimum Gasteiger partial charge on any atom is -0.392 e. The van der Waals surface area contributed by atoms with Crippen molar-refractivity contribution in [2.24, 2.45) is 0 Å². The minimum absolute atomic E-state index is 0.00231. The molecule has 19 heavy (non-hydrogen) atoms. The van der Waals surface area contributed by atoms with Crippen LogP contribution in [0.1, 0.15) is 5.56 Å². The van der Waals surface area contributed by atoms with E-state index in [1.165, 1.54) is 0 Å². The minimum atomic E-state index is 0.00231. The summed E-state index contributed by atoms with van der Waals surface area (Å²) in [5.41, 5.74) is 2.98. The van der Waals surface area contributed by atoms with Gasteiger partial charge in [0.1, 0.15) is 0 Å². The number of hydrogen-bond acceptors (Lipinski definition) is 3. The van der Waals surface area contributed by atoms with Crippen LogP contribution >= 0.6 is 0 Å². The first kappa shape index (κ1) is 11.6. The molecule has 2 heterocycles. The van der Waals surface area contributed by atoms with Crippen molar-refractivity contribution in [3.05, 3.63) is 66.6 Å². The normalized spacial score (nSPS) is 10.6. The molecule has 0 bridgehead atoms. The summed E-state index contributed by atoms with van der Waals surface area (Å²) >= 11 is 0. The lowest BCUT2D eigenvalue weighted by atomic mass is 10.1. The van der Waals surface area contributed by atoms with Crippen LogP contribution < -0.4 is 0 Å². The molecule has 0 spiro atoms. The van der Waals surface area contributed by atoms with Crippen molar-refractivity contribution in [2.45, 2.75) is 6.61 Å². The van der Waals surface area contributed by atoms with E-state index in [2.05, 4.69) is 10.1 Å². The molecular formula is C15H13N3O. The molecule has 1 aromatic carbocycles. The van der Waals surface area contributed by atoms with Crippen LogP contribution in [0.5, 0.6) is 0 Å². The molecule has 0 aliphatic heterocycles. The van der Waals surface area contributed by atoms with E-state index in [-0.39, 0.29) is 6.61 Å². The van der Waals surface area contributed by atoms with E-state index in [0.717, 1.165) is 16.7 Å². The fraction of sp³-hybridized carbons (Fsp3) is 0.0667. The van der Waals surface area contributed by atoms with Crippen LogP contribution in [0.4, 0.5) is 0 Å². The molecule has 94 valence electrons. The summed E-state index contributed by atoms with van der Waals surface area (Å²) in [6.07, 6.45) is 5.41. The van der Waals surface area contributed by atoms with E-state index < -0.39 is 0 Å². The van der Waals surface area contributed by atoms with E-state index in [0.29, 0.717) is 5.82 Å². The van der Waals surface area contributed by atoms with Gasteiger partial charge in [-0.1, -0.05) is 30.3 Å². The van der Waals surface area contributed by atoms with Gasteiger partial charge in [-0.15, -0.1) is 0 Å². The lowest BCUT2D eigenvalue weighted by molar-refractivity contribution is 0.281. The molecule has 0 aliphatic rings. The quantitative estimate of drug-likeness (QED) is 0.777. The molecule has 1 N–H and O–H groups in total. The Labute approximate surface area is 111 Å². The Hall–Kier alpha value is -2.46. The van der Waals surface area contributed by atoms with Gasteiger partial charge in [0.05, 0.1) is 12.8 Å². The Kier molecular flexibility index (Phi) is 3.08. The van der Waals surface area contributed by atoms with Gasteiger partial charge in [-0.2, -0.15) is 5.10 Å². The second-order valence-corrected chi connectivity index (χ2v) is 4.22. The van der Waals surface area contributed by atoms with Gasteiger partial charge < -0.3 is 5.11 Å². The third-order valence-corrected chi connectivity index (χ3v) is 2.92. The molecule has 4 heteroatoms. The summed E-state index contributed by atoms with van der Waals surface area (Å²) in [5.74, 6) is 0.703. The van der Waals surface area contributed by atoms with E-state index >= 15 is 0 Å². The largest absolute Gasteiger partial charge is 0.392 e. The van der Waals surface area contributed by atoms with Crippen LogP contribution in [0, 0.1) is 0 Å². The Morgan fingerprint density at radius 1 is 1.05 bits per heavy atom. The second-order valence-electron chi connectivity index (χ2n) is 4.22. The smallest absolute Gasteiger partial charge is 0.153 e. The third kappa shape index (κ3) is 2.39. The van der Waals surface area contributed by atoms with Gasteiger partial charge in [0.15, 0.2) is 5.82 Å². The van der Waals surface area contributed by atoms with Crippen LogP contribution in [0.3, 0.4) is 0 Å². The molecule has 0 unspecified atom stereocenters. The van der Waals surface area contributed by atoms with Crippen molar-refractivity contribution < 1.29 is 5.11 Å². The van der Waals surface area contributed by atoms with Crippen molar-refractivity contribution in [1.82, 2.24) is 14.8 Å². The number of aliphatic hydroxyl groups excluding tert-OH is 1. The average molecular weight is 251 g/mol. The van der Waals surface area contributed by atoms with E-state index in [1.807, 2.05) is 48.8 Å². The molecule has 3 aromatic rings. The van der Waals surface area contributed by atoms with Crippen LogP contribution in [0.2, 0.25) is 0 Å². The maximum atomic E-state index is 9.13. The molecule has 0 saturated carbocycles. The summed E-state index contributed by atoms with van der Waals surface area (Å²) in [5, 5.41) is 13.4. The molecule has 0 amide bonds. The van der Waals surface area contributed by atoms with Crippen molar-refractivity contribution in [2.75, 3.05) is 0 Å². The van der Waals surface area contributed by atoms with Crippen molar-refractivity contribution in [3.63, 3.8) is 0 Å². The summed E-state index contributed by atoms with van der Waals surface area (Å²) < 4.78 is 1.71. The van der Waals surface area contributed by atoms with Gasteiger partial charge in [0.25, 0.3) is 0 Å². The fourth-order valence-electron chi connectivity index (χ4n) is 1.91. The lowest BCUT2D eigenvalue weighted by Gasteiger charge is -2.01. The molecule has 0 saturated heterocycles. The number of benzene rings is 1. The number of hydrogen-bond donors (Lipinski definition) is 1. The number of nitrogens with zero attached hydrogens (tertiary/aromatic N) is 3. The standard InChI is InChI=1S/C15H13N3O/c19-11-12-6-7-16-15(8-12)18-10-14(9-17-18)13-4-2-1-3-5-13/h1-10,19H,11H2. The highest BCUT2D eigenvalue weighted by molar-refractivity contribution is 5.61. The highest BCUT2D eigenvalue weighted by Crippen LogP contribution is 2.19. The zero-order valence-electron chi connectivity index (χ0n) is 10.3. The Bertz CT molecular complexity index is 677. The second kappa shape index (κ2) is 5.04. The summed E-state index contributed by atoms with van der Waals surface area (Å²) in [6, 6.07) is 13.7. The summed E-state index contributed by atoms with van der Waals surface area (Å²) in [7, 11) is 0. The predicted octanol–water partition coefficient (Wildman–Crippen LogP) is 2.43. The molecule has 0 atom stereocenters. The zero-order valence-corrected chi connectivity index (χ0v) is 10.3.